The minimum absolute atomic E-state index is 0.00461. The average Bonchev–Trinajstić information content (AvgIpc) is 3.17. The lowest BCUT2D eigenvalue weighted by Crippen LogP contribution is -2.50. The molecular formula is C13H22N2O3. The second-order valence-electron chi connectivity index (χ2n) is 5.18. The van der Waals surface area contributed by atoms with E-state index in [-0.39, 0.29) is 23.9 Å². The van der Waals surface area contributed by atoms with Crippen molar-refractivity contribution in [3.05, 3.63) is 0 Å². The van der Waals surface area contributed by atoms with E-state index in [1.54, 1.807) is 7.11 Å². The summed E-state index contributed by atoms with van der Waals surface area (Å²) in [5.74, 6) is 0.421. The van der Waals surface area contributed by atoms with E-state index in [9.17, 15) is 9.59 Å². The number of carbonyl (C=O) groups is 2. The summed E-state index contributed by atoms with van der Waals surface area (Å²) in [6, 6.07) is -0.220. The van der Waals surface area contributed by atoms with Crippen molar-refractivity contribution in [1.29, 1.82) is 0 Å². The first kappa shape index (κ1) is 13.3. The van der Waals surface area contributed by atoms with E-state index in [0.717, 1.165) is 19.3 Å². The van der Waals surface area contributed by atoms with Gasteiger partial charge in [0.15, 0.2) is 0 Å². The van der Waals surface area contributed by atoms with E-state index < -0.39 is 0 Å². The summed E-state index contributed by atoms with van der Waals surface area (Å²) >= 11 is 0. The number of nitrogens with one attached hydrogen (secondary N) is 1. The monoisotopic (exact) mass is 254 g/mol. The van der Waals surface area contributed by atoms with E-state index >= 15 is 0 Å². The first-order valence-corrected chi connectivity index (χ1v) is 6.76. The van der Waals surface area contributed by atoms with Crippen LogP contribution in [0.1, 0.15) is 32.6 Å². The normalized spacial score (nSPS) is 26.8. The Morgan fingerprint density at radius 3 is 2.72 bits per heavy atom. The van der Waals surface area contributed by atoms with E-state index in [0.29, 0.717) is 25.5 Å². The Kier molecular flexibility index (Phi) is 4.22. The lowest BCUT2D eigenvalue weighted by molar-refractivity contribution is -0.137. The third-order valence-corrected chi connectivity index (χ3v) is 3.81. The number of hydrogen-bond acceptors (Lipinski definition) is 3. The van der Waals surface area contributed by atoms with E-state index in [1.165, 1.54) is 0 Å². The van der Waals surface area contributed by atoms with Crippen LogP contribution in [0.3, 0.4) is 0 Å². The molecule has 0 aromatic rings. The molecule has 102 valence electrons. The molecule has 1 saturated carbocycles. The molecule has 1 heterocycles. The van der Waals surface area contributed by atoms with Gasteiger partial charge in [-0.1, -0.05) is 6.92 Å². The highest BCUT2D eigenvalue weighted by atomic mass is 16.5. The highest BCUT2D eigenvalue weighted by Crippen LogP contribution is 2.34. The standard InChI is InChI=1S/C13H22N2O3/c1-3-10(8-18-2)15-7-6-11(16)14-12(13(15)17)9-4-5-9/h9-10,12H,3-8H2,1-2H3,(H,14,16). The molecule has 5 heteroatoms. The van der Waals surface area contributed by atoms with Crippen molar-refractivity contribution in [3.63, 3.8) is 0 Å². The molecule has 2 fully saturated rings. The summed E-state index contributed by atoms with van der Waals surface area (Å²) < 4.78 is 5.18. The quantitative estimate of drug-likeness (QED) is 0.779. The van der Waals surface area contributed by atoms with Crippen LogP contribution in [0.25, 0.3) is 0 Å². The Morgan fingerprint density at radius 1 is 1.44 bits per heavy atom. The van der Waals surface area contributed by atoms with E-state index in [1.807, 2.05) is 11.8 Å². The molecule has 2 unspecified atom stereocenters. The van der Waals surface area contributed by atoms with Crippen molar-refractivity contribution in [3.8, 4) is 0 Å². The molecule has 1 saturated heterocycles. The van der Waals surface area contributed by atoms with Crippen molar-refractivity contribution in [2.24, 2.45) is 5.92 Å². The average molecular weight is 254 g/mol. The molecule has 1 N–H and O–H groups in total. The van der Waals surface area contributed by atoms with Crippen molar-refractivity contribution in [1.82, 2.24) is 10.2 Å². The number of methoxy groups -OCH3 is 1. The van der Waals surface area contributed by atoms with Gasteiger partial charge in [0.1, 0.15) is 6.04 Å². The lowest BCUT2D eigenvalue weighted by atomic mass is 10.1. The zero-order valence-corrected chi connectivity index (χ0v) is 11.1. The maximum atomic E-state index is 12.5. The van der Waals surface area contributed by atoms with Crippen molar-refractivity contribution in [2.75, 3.05) is 20.3 Å². The summed E-state index contributed by atoms with van der Waals surface area (Å²) in [4.78, 5) is 26.0. The van der Waals surface area contributed by atoms with Crippen molar-refractivity contribution >= 4 is 11.8 Å². The third kappa shape index (κ3) is 2.83. The lowest BCUT2D eigenvalue weighted by Gasteiger charge is -2.31. The van der Waals surface area contributed by atoms with Gasteiger partial charge in [0, 0.05) is 20.1 Å². The third-order valence-electron chi connectivity index (χ3n) is 3.81. The van der Waals surface area contributed by atoms with Crippen LogP contribution in [-0.2, 0) is 14.3 Å². The van der Waals surface area contributed by atoms with E-state index in [2.05, 4.69) is 5.32 Å². The fourth-order valence-electron chi connectivity index (χ4n) is 2.55. The highest BCUT2D eigenvalue weighted by molar-refractivity contribution is 5.90. The molecule has 0 radical (unpaired) electrons. The van der Waals surface area contributed by atoms with Gasteiger partial charge in [-0.15, -0.1) is 0 Å². The Morgan fingerprint density at radius 2 is 2.17 bits per heavy atom. The summed E-state index contributed by atoms with van der Waals surface area (Å²) in [6.07, 6.45) is 3.34. The summed E-state index contributed by atoms with van der Waals surface area (Å²) in [6.45, 7) is 3.09. The fraction of sp³-hybridized carbons (Fsp3) is 0.846. The summed E-state index contributed by atoms with van der Waals surface area (Å²) in [7, 11) is 1.65. The second-order valence-corrected chi connectivity index (χ2v) is 5.18. The molecule has 2 rings (SSSR count). The van der Waals surface area contributed by atoms with Gasteiger partial charge in [0.25, 0.3) is 0 Å². The van der Waals surface area contributed by atoms with Gasteiger partial charge in [0.05, 0.1) is 12.6 Å². The van der Waals surface area contributed by atoms with Gasteiger partial charge in [-0.05, 0) is 25.2 Å². The molecule has 1 aliphatic heterocycles. The van der Waals surface area contributed by atoms with Gasteiger partial charge in [-0.2, -0.15) is 0 Å². The zero-order chi connectivity index (χ0) is 13.1. The Balaban J connectivity index is 2.11. The minimum atomic E-state index is -0.300. The topological polar surface area (TPSA) is 58.6 Å². The molecular weight excluding hydrogens is 232 g/mol. The van der Waals surface area contributed by atoms with Gasteiger partial charge in [0.2, 0.25) is 11.8 Å². The number of rotatable bonds is 5. The zero-order valence-electron chi connectivity index (χ0n) is 11.1. The SMILES string of the molecule is CCC(COC)N1CCC(=O)NC(C2CC2)C1=O. The molecule has 5 nitrogen and oxygen atoms in total. The van der Waals surface area contributed by atoms with Crippen LogP contribution in [0.15, 0.2) is 0 Å². The number of amides is 2. The summed E-state index contributed by atoms with van der Waals surface area (Å²) in [5, 5.41) is 2.87. The van der Waals surface area contributed by atoms with Gasteiger partial charge >= 0.3 is 0 Å². The molecule has 2 aliphatic rings. The molecule has 0 aromatic heterocycles. The number of ether oxygens (including phenoxy) is 1. The molecule has 0 aromatic carbocycles. The van der Waals surface area contributed by atoms with Crippen LogP contribution in [0, 0.1) is 5.92 Å². The largest absolute Gasteiger partial charge is 0.383 e. The number of hydrogen-bond donors (Lipinski definition) is 1. The first-order chi connectivity index (χ1) is 8.67. The predicted molar refractivity (Wildman–Crippen MR) is 66.9 cm³/mol. The van der Waals surface area contributed by atoms with Gasteiger partial charge in [-0.25, -0.2) is 0 Å². The molecule has 0 spiro atoms. The maximum Gasteiger partial charge on any atom is 0.245 e. The van der Waals surface area contributed by atoms with Crippen molar-refractivity contribution in [2.45, 2.75) is 44.7 Å². The van der Waals surface area contributed by atoms with Crippen LogP contribution >= 0.6 is 0 Å². The molecule has 1 aliphatic carbocycles. The Labute approximate surface area is 108 Å². The smallest absolute Gasteiger partial charge is 0.245 e. The maximum absolute atomic E-state index is 12.5. The molecule has 0 bridgehead atoms. The van der Waals surface area contributed by atoms with Crippen LogP contribution in [0.2, 0.25) is 0 Å². The van der Waals surface area contributed by atoms with Crippen LogP contribution in [0.4, 0.5) is 0 Å². The Hall–Kier alpha value is -1.10. The van der Waals surface area contributed by atoms with Crippen LogP contribution in [0.5, 0.6) is 0 Å². The molecule has 2 amide bonds. The first-order valence-electron chi connectivity index (χ1n) is 6.76. The predicted octanol–water partition coefficient (Wildman–Crippen LogP) is 0.538. The number of nitrogens with zero attached hydrogens (tertiary/aromatic N) is 1. The fourth-order valence-corrected chi connectivity index (χ4v) is 2.55. The second kappa shape index (κ2) is 5.69. The van der Waals surface area contributed by atoms with E-state index in [4.69, 9.17) is 4.74 Å². The van der Waals surface area contributed by atoms with Crippen molar-refractivity contribution < 1.29 is 14.3 Å². The minimum Gasteiger partial charge on any atom is -0.383 e. The van der Waals surface area contributed by atoms with Gasteiger partial charge in [-0.3, -0.25) is 9.59 Å². The van der Waals surface area contributed by atoms with Crippen LogP contribution < -0.4 is 5.32 Å². The number of carbonyl (C=O) groups excluding carboxylic acids is 2. The highest BCUT2D eigenvalue weighted by Gasteiger charge is 2.42. The van der Waals surface area contributed by atoms with Crippen LogP contribution in [-0.4, -0.2) is 49.1 Å². The Bertz CT molecular complexity index is 328. The molecule has 18 heavy (non-hydrogen) atoms. The molecule has 2 atom stereocenters. The summed E-state index contributed by atoms with van der Waals surface area (Å²) in [5.41, 5.74) is 0. The van der Waals surface area contributed by atoms with Gasteiger partial charge < -0.3 is 15.0 Å².